The molecule has 0 unspecified atom stereocenters. The fraction of sp³-hybridized carbons (Fsp3) is 0.417. The molecule has 1 N–H and O–H groups in total. The molecule has 2 aliphatic rings. The molecule has 0 aliphatic carbocycles. The Labute approximate surface area is 203 Å². The van der Waals surface area contributed by atoms with Gasteiger partial charge in [-0.25, -0.2) is 14.0 Å². The lowest BCUT2D eigenvalue weighted by molar-refractivity contribution is 0.139. The van der Waals surface area contributed by atoms with E-state index in [1.54, 1.807) is 34.1 Å². The van der Waals surface area contributed by atoms with Crippen LogP contribution in [0.2, 0.25) is 5.02 Å². The Morgan fingerprint density at radius 3 is 2.38 bits per heavy atom. The molecular formula is C24H28ClFN4O4. The van der Waals surface area contributed by atoms with Gasteiger partial charge in [-0.05, 0) is 36.6 Å². The third-order valence-electron chi connectivity index (χ3n) is 6.32. The minimum absolute atomic E-state index is 0.00941. The van der Waals surface area contributed by atoms with E-state index < -0.39 is 0 Å². The summed E-state index contributed by atoms with van der Waals surface area (Å²) in [5.74, 6) is 0.622. The molecule has 0 aromatic heterocycles. The Kier molecular flexibility index (Phi) is 7.31. The van der Waals surface area contributed by atoms with Crippen LogP contribution in [0.1, 0.15) is 18.4 Å². The van der Waals surface area contributed by atoms with E-state index in [1.165, 1.54) is 26.4 Å². The summed E-state index contributed by atoms with van der Waals surface area (Å²) < 4.78 is 23.7. The molecule has 34 heavy (non-hydrogen) atoms. The van der Waals surface area contributed by atoms with Crippen molar-refractivity contribution in [2.45, 2.75) is 25.4 Å². The number of amides is 4. The number of carbonyl (C=O) groups excluding carboxylic acids is 2. The number of halogens is 2. The SMILES string of the molecule is COc1cc(OC)c(NC(=O)N2CCC(N3CCN(Cc4ccc(F)cc4)C3=O)CC2)cc1Cl. The summed E-state index contributed by atoms with van der Waals surface area (Å²) >= 11 is 6.20. The van der Waals surface area contributed by atoms with Crippen LogP contribution in [0.4, 0.5) is 19.7 Å². The first-order valence-corrected chi connectivity index (χ1v) is 11.5. The number of carbonyl (C=O) groups is 2. The van der Waals surface area contributed by atoms with Gasteiger partial charge in [0.1, 0.15) is 17.3 Å². The third-order valence-corrected chi connectivity index (χ3v) is 6.62. The number of likely N-dealkylation sites (tertiary alicyclic amines) is 1. The Balaban J connectivity index is 1.31. The molecule has 0 saturated carbocycles. The lowest BCUT2D eigenvalue weighted by atomic mass is 10.0. The average Bonchev–Trinajstić information content (AvgIpc) is 3.20. The molecule has 2 fully saturated rings. The largest absolute Gasteiger partial charge is 0.495 e. The van der Waals surface area contributed by atoms with Crippen molar-refractivity contribution in [1.29, 1.82) is 0 Å². The van der Waals surface area contributed by atoms with Gasteiger partial charge >= 0.3 is 12.1 Å². The van der Waals surface area contributed by atoms with Crippen LogP contribution in [0.5, 0.6) is 11.5 Å². The summed E-state index contributed by atoms with van der Waals surface area (Å²) in [6.45, 7) is 2.81. The van der Waals surface area contributed by atoms with Crippen LogP contribution in [-0.4, -0.2) is 73.2 Å². The standard InChI is InChI=1S/C24H28ClFN4O4/c1-33-21-14-22(34-2)20(13-19(21)25)27-23(31)28-9-7-18(8-10-28)30-12-11-29(24(30)32)15-16-3-5-17(26)6-4-16/h3-6,13-14,18H,7-12,15H2,1-2H3,(H,27,31). The molecule has 2 aliphatic heterocycles. The zero-order valence-corrected chi connectivity index (χ0v) is 20.0. The second kappa shape index (κ2) is 10.4. The summed E-state index contributed by atoms with van der Waals surface area (Å²) in [5.41, 5.74) is 1.36. The first kappa shape index (κ1) is 23.9. The maximum absolute atomic E-state index is 13.1. The number of methoxy groups -OCH3 is 2. The molecule has 0 spiro atoms. The first-order valence-electron chi connectivity index (χ1n) is 11.2. The van der Waals surface area contributed by atoms with Crippen molar-refractivity contribution in [2.24, 2.45) is 0 Å². The Morgan fingerprint density at radius 2 is 1.74 bits per heavy atom. The highest BCUT2D eigenvalue weighted by Gasteiger charge is 2.36. The van der Waals surface area contributed by atoms with Gasteiger partial charge in [0.2, 0.25) is 0 Å². The molecule has 0 atom stereocenters. The smallest absolute Gasteiger partial charge is 0.321 e. The quantitative estimate of drug-likeness (QED) is 0.650. The van der Waals surface area contributed by atoms with Gasteiger partial charge in [-0.15, -0.1) is 0 Å². The predicted molar refractivity (Wildman–Crippen MR) is 127 cm³/mol. The molecule has 2 aromatic carbocycles. The zero-order valence-electron chi connectivity index (χ0n) is 19.2. The van der Waals surface area contributed by atoms with Crippen molar-refractivity contribution in [1.82, 2.24) is 14.7 Å². The topological polar surface area (TPSA) is 74.4 Å². The molecule has 8 nitrogen and oxygen atoms in total. The molecule has 2 aromatic rings. The molecular weight excluding hydrogens is 463 g/mol. The molecule has 10 heteroatoms. The van der Waals surface area contributed by atoms with Crippen LogP contribution in [0.25, 0.3) is 0 Å². The molecule has 2 heterocycles. The summed E-state index contributed by atoms with van der Waals surface area (Å²) in [5, 5.41) is 3.23. The monoisotopic (exact) mass is 490 g/mol. The molecule has 0 radical (unpaired) electrons. The van der Waals surface area contributed by atoms with Gasteiger partial charge in [0, 0.05) is 44.8 Å². The molecule has 4 rings (SSSR count). The average molecular weight is 491 g/mol. The second-order valence-corrected chi connectivity index (χ2v) is 8.77. The maximum atomic E-state index is 13.1. The molecule has 0 bridgehead atoms. The first-order chi connectivity index (χ1) is 16.4. The fourth-order valence-corrected chi connectivity index (χ4v) is 4.67. The van der Waals surface area contributed by atoms with E-state index in [0.29, 0.717) is 67.8 Å². The number of anilines is 1. The van der Waals surface area contributed by atoms with E-state index in [-0.39, 0.29) is 23.9 Å². The zero-order chi connectivity index (χ0) is 24.2. The van der Waals surface area contributed by atoms with Crippen molar-refractivity contribution < 1.29 is 23.5 Å². The van der Waals surface area contributed by atoms with Crippen molar-refractivity contribution >= 4 is 29.4 Å². The Bertz CT molecular complexity index is 1040. The van der Waals surface area contributed by atoms with Crippen LogP contribution >= 0.6 is 11.6 Å². The van der Waals surface area contributed by atoms with E-state index in [1.807, 2.05) is 4.90 Å². The number of urea groups is 2. The van der Waals surface area contributed by atoms with Crippen molar-refractivity contribution in [3.63, 3.8) is 0 Å². The van der Waals surface area contributed by atoms with Crippen LogP contribution in [0.15, 0.2) is 36.4 Å². The summed E-state index contributed by atoms with van der Waals surface area (Å²) in [6, 6.07) is 9.27. The number of hydrogen-bond donors (Lipinski definition) is 1. The number of nitrogens with one attached hydrogen (secondary N) is 1. The van der Waals surface area contributed by atoms with E-state index in [2.05, 4.69) is 5.32 Å². The predicted octanol–water partition coefficient (Wildman–Crippen LogP) is 4.43. The van der Waals surface area contributed by atoms with Crippen LogP contribution < -0.4 is 14.8 Å². The normalized spacial score (nSPS) is 16.7. The summed E-state index contributed by atoms with van der Waals surface area (Å²) in [4.78, 5) is 31.2. The Morgan fingerprint density at radius 1 is 1.06 bits per heavy atom. The number of hydrogen-bond acceptors (Lipinski definition) is 4. The van der Waals surface area contributed by atoms with Gasteiger partial charge in [-0.2, -0.15) is 0 Å². The highest BCUT2D eigenvalue weighted by molar-refractivity contribution is 6.32. The van der Waals surface area contributed by atoms with Crippen molar-refractivity contribution in [3.05, 3.63) is 52.8 Å². The van der Waals surface area contributed by atoms with E-state index in [4.69, 9.17) is 21.1 Å². The lowest BCUT2D eigenvalue weighted by Crippen LogP contribution is -2.49. The van der Waals surface area contributed by atoms with Gasteiger partial charge in [0.15, 0.2) is 0 Å². The number of rotatable bonds is 6. The summed E-state index contributed by atoms with van der Waals surface area (Å²) in [7, 11) is 3.02. The minimum atomic E-state index is -0.289. The van der Waals surface area contributed by atoms with Crippen LogP contribution in [0.3, 0.4) is 0 Å². The number of benzene rings is 2. The second-order valence-electron chi connectivity index (χ2n) is 8.36. The lowest BCUT2D eigenvalue weighted by Gasteiger charge is -2.36. The fourth-order valence-electron chi connectivity index (χ4n) is 4.43. The van der Waals surface area contributed by atoms with Gasteiger partial charge in [-0.1, -0.05) is 23.7 Å². The van der Waals surface area contributed by atoms with E-state index >= 15 is 0 Å². The van der Waals surface area contributed by atoms with Crippen LogP contribution in [0, 0.1) is 5.82 Å². The van der Waals surface area contributed by atoms with Crippen molar-refractivity contribution in [3.8, 4) is 11.5 Å². The van der Waals surface area contributed by atoms with E-state index in [9.17, 15) is 14.0 Å². The number of piperidine rings is 1. The molecule has 2 saturated heterocycles. The van der Waals surface area contributed by atoms with Crippen molar-refractivity contribution in [2.75, 3.05) is 45.7 Å². The number of nitrogens with zero attached hydrogens (tertiary/aromatic N) is 3. The Hall–Kier alpha value is -3.20. The highest BCUT2D eigenvalue weighted by atomic mass is 35.5. The minimum Gasteiger partial charge on any atom is -0.495 e. The highest BCUT2D eigenvalue weighted by Crippen LogP contribution is 2.36. The van der Waals surface area contributed by atoms with Gasteiger partial charge in [0.25, 0.3) is 0 Å². The maximum Gasteiger partial charge on any atom is 0.321 e. The van der Waals surface area contributed by atoms with Gasteiger partial charge in [-0.3, -0.25) is 0 Å². The molecule has 182 valence electrons. The van der Waals surface area contributed by atoms with Crippen LogP contribution in [-0.2, 0) is 6.54 Å². The van der Waals surface area contributed by atoms with E-state index in [0.717, 1.165) is 5.56 Å². The molecule has 4 amide bonds. The van der Waals surface area contributed by atoms with Gasteiger partial charge < -0.3 is 29.5 Å². The number of ether oxygens (including phenoxy) is 2. The third kappa shape index (κ3) is 5.14. The summed E-state index contributed by atoms with van der Waals surface area (Å²) in [6.07, 6.45) is 1.40. The van der Waals surface area contributed by atoms with Gasteiger partial charge in [0.05, 0.1) is 24.9 Å².